The second kappa shape index (κ2) is 6.24. The van der Waals surface area contributed by atoms with Crippen molar-refractivity contribution in [1.29, 1.82) is 0 Å². The maximum atomic E-state index is 12.2. The van der Waals surface area contributed by atoms with E-state index in [9.17, 15) is 4.79 Å². The first-order valence-electron chi connectivity index (χ1n) is 8.91. The van der Waals surface area contributed by atoms with Gasteiger partial charge in [0.1, 0.15) is 0 Å². The number of thioether (sulfide) groups is 1. The van der Waals surface area contributed by atoms with Gasteiger partial charge in [0.25, 0.3) is 5.91 Å². The van der Waals surface area contributed by atoms with Crippen LogP contribution in [-0.2, 0) is 4.79 Å². The quantitative estimate of drug-likeness (QED) is 0.566. The molecule has 1 aromatic carbocycles. The largest absolute Gasteiger partial charge is 0.299 e. The van der Waals surface area contributed by atoms with Crippen LogP contribution in [0.4, 0.5) is 0 Å². The molecule has 4 nitrogen and oxygen atoms in total. The van der Waals surface area contributed by atoms with Crippen LogP contribution < -0.4 is 5.32 Å². The molecule has 1 heterocycles. The average Bonchev–Trinajstić information content (AvgIpc) is 3.12. The Morgan fingerprint density at radius 1 is 1.23 bits per heavy atom. The Kier molecular flexibility index (Phi) is 4.27. The van der Waals surface area contributed by atoms with Gasteiger partial charge in [-0.2, -0.15) is 5.10 Å². The zero-order valence-corrected chi connectivity index (χ0v) is 16.7. The van der Waals surface area contributed by atoms with Crippen molar-refractivity contribution in [3.63, 3.8) is 0 Å². The standard InChI is InChI=1S/C20H22ClN3OS/c1-19(2)13-8-9-20(19,3)16(11-13)23-24-18-22-17(25)15(26-18)10-12-4-6-14(21)7-5-12/h4-7,10,13H,8-9,11H2,1-3H3,(H,22,24,25)/b15-10+,23-16?. The van der Waals surface area contributed by atoms with E-state index in [4.69, 9.17) is 11.6 Å². The third-order valence-electron chi connectivity index (χ3n) is 6.59. The van der Waals surface area contributed by atoms with Crippen molar-refractivity contribution < 1.29 is 4.79 Å². The highest BCUT2D eigenvalue weighted by atomic mass is 35.5. The van der Waals surface area contributed by atoms with Crippen molar-refractivity contribution in [2.45, 2.75) is 40.0 Å². The fourth-order valence-electron chi connectivity index (χ4n) is 4.37. The molecule has 1 N–H and O–H groups in total. The van der Waals surface area contributed by atoms with Gasteiger partial charge in [-0.15, -0.1) is 5.10 Å². The highest BCUT2D eigenvalue weighted by molar-refractivity contribution is 8.18. The van der Waals surface area contributed by atoms with Crippen LogP contribution in [0.5, 0.6) is 0 Å². The molecule has 2 bridgehead atoms. The van der Waals surface area contributed by atoms with Crippen LogP contribution in [0.3, 0.4) is 0 Å². The van der Waals surface area contributed by atoms with Crippen LogP contribution >= 0.6 is 23.4 Å². The number of amidine groups is 1. The average molecular weight is 388 g/mol. The molecule has 3 fully saturated rings. The molecule has 6 heteroatoms. The summed E-state index contributed by atoms with van der Waals surface area (Å²) in [5, 5.41) is 13.0. The molecule has 1 amide bonds. The lowest BCUT2D eigenvalue weighted by Gasteiger charge is -2.34. The smallest absolute Gasteiger partial charge is 0.264 e. The molecule has 2 unspecified atom stereocenters. The molecule has 3 aliphatic rings. The Morgan fingerprint density at radius 3 is 2.58 bits per heavy atom. The first kappa shape index (κ1) is 17.8. The Hall–Kier alpha value is -1.59. The van der Waals surface area contributed by atoms with Crippen molar-refractivity contribution in [1.82, 2.24) is 5.32 Å². The van der Waals surface area contributed by atoms with Crippen LogP contribution in [0, 0.1) is 16.7 Å². The maximum absolute atomic E-state index is 12.2. The molecule has 1 saturated heterocycles. The van der Waals surface area contributed by atoms with Crippen LogP contribution in [0.15, 0.2) is 39.4 Å². The maximum Gasteiger partial charge on any atom is 0.264 e. The van der Waals surface area contributed by atoms with E-state index < -0.39 is 0 Å². The summed E-state index contributed by atoms with van der Waals surface area (Å²) in [6, 6.07) is 7.39. The number of carbonyl (C=O) groups is 1. The number of hydrogen-bond acceptors (Lipinski definition) is 4. The lowest BCUT2D eigenvalue weighted by atomic mass is 9.70. The lowest BCUT2D eigenvalue weighted by molar-refractivity contribution is -0.115. The van der Waals surface area contributed by atoms with Gasteiger partial charge in [0.2, 0.25) is 0 Å². The molecule has 0 spiro atoms. The monoisotopic (exact) mass is 387 g/mol. The highest BCUT2D eigenvalue weighted by Gasteiger charge is 2.60. The van der Waals surface area contributed by atoms with E-state index in [-0.39, 0.29) is 16.7 Å². The predicted molar refractivity (Wildman–Crippen MR) is 109 cm³/mol. The molecular formula is C20H22ClN3OS. The van der Waals surface area contributed by atoms with E-state index >= 15 is 0 Å². The van der Waals surface area contributed by atoms with E-state index in [2.05, 4.69) is 36.3 Å². The number of benzene rings is 1. The number of hydrogen-bond donors (Lipinski definition) is 1. The Morgan fingerprint density at radius 2 is 1.96 bits per heavy atom. The topological polar surface area (TPSA) is 53.8 Å². The second-order valence-corrected chi connectivity index (χ2v) is 9.53. The number of nitrogens with zero attached hydrogens (tertiary/aromatic N) is 2. The molecule has 0 radical (unpaired) electrons. The van der Waals surface area contributed by atoms with E-state index in [1.807, 2.05) is 30.3 Å². The van der Waals surface area contributed by atoms with Crippen LogP contribution in [0.25, 0.3) is 6.08 Å². The zero-order chi connectivity index (χ0) is 18.5. The first-order chi connectivity index (χ1) is 12.3. The van der Waals surface area contributed by atoms with Crippen LogP contribution in [-0.4, -0.2) is 16.8 Å². The summed E-state index contributed by atoms with van der Waals surface area (Å²) >= 11 is 7.23. The number of carbonyl (C=O) groups excluding carboxylic acids is 1. The number of fused-ring (bicyclic) bond motifs is 2. The second-order valence-electron chi connectivity index (χ2n) is 8.06. The summed E-state index contributed by atoms with van der Waals surface area (Å²) in [7, 11) is 0. The highest BCUT2D eigenvalue weighted by Crippen LogP contribution is 2.64. The minimum absolute atomic E-state index is 0.122. The minimum Gasteiger partial charge on any atom is -0.299 e. The number of nitrogens with one attached hydrogen (secondary N) is 1. The summed E-state index contributed by atoms with van der Waals surface area (Å²) in [5.41, 5.74) is 2.51. The fourth-order valence-corrected chi connectivity index (χ4v) is 5.27. The van der Waals surface area contributed by atoms with Gasteiger partial charge in [-0.25, -0.2) is 0 Å². The van der Waals surface area contributed by atoms with Gasteiger partial charge in [-0.05, 0) is 66.1 Å². The zero-order valence-electron chi connectivity index (χ0n) is 15.2. The predicted octanol–water partition coefficient (Wildman–Crippen LogP) is 5.10. The van der Waals surface area contributed by atoms with Gasteiger partial charge in [0.05, 0.1) is 4.91 Å². The number of halogens is 1. The molecule has 1 aromatic rings. The molecule has 0 aromatic heterocycles. The van der Waals surface area contributed by atoms with Gasteiger partial charge in [-0.1, -0.05) is 44.5 Å². The van der Waals surface area contributed by atoms with E-state index in [0.717, 1.165) is 12.0 Å². The van der Waals surface area contributed by atoms with Crippen molar-refractivity contribution in [3.05, 3.63) is 39.8 Å². The Labute approximate surface area is 163 Å². The SMILES string of the molecule is CC12CCC(CC1=N/N=C1\NC(=O)/C(=C\c3ccc(Cl)cc3)S1)C2(C)C. The van der Waals surface area contributed by atoms with Gasteiger partial charge in [0.15, 0.2) is 5.17 Å². The summed E-state index contributed by atoms with van der Waals surface area (Å²) in [5.74, 6) is 0.556. The first-order valence-corrected chi connectivity index (χ1v) is 10.1. The van der Waals surface area contributed by atoms with Gasteiger partial charge in [-0.3, -0.25) is 10.1 Å². The molecule has 136 valence electrons. The number of rotatable bonds is 2. The van der Waals surface area contributed by atoms with Crippen LogP contribution in [0.1, 0.15) is 45.6 Å². The third-order valence-corrected chi connectivity index (χ3v) is 7.74. The summed E-state index contributed by atoms with van der Waals surface area (Å²) in [6.45, 7) is 7.00. The minimum atomic E-state index is -0.136. The summed E-state index contributed by atoms with van der Waals surface area (Å²) in [4.78, 5) is 12.8. The fraction of sp³-hybridized carbons (Fsp3) is 0.450. The summed E-state index contributed by atoms with van der Waals surface area (Å²) < 4.78 is 0. The van der Waals surface area contributed by atoms with Gasteiger partial charge >= 0.3 is 0 Å². The van der Waals surface area contributed by atoms with E-state index in [1.165, 1.54) is 30.3 Å². The normalized spacial score (nSPS) is 34.2. The van der Waals surface area contributed by atoms with Gasteiger partial charge in [0, 0.05) is 16.1 Å². The third kappa shape index (κ3) is 2.81. The molecule has 1 aliphatic heterocycles. The Bertz CT molecular complexity index is 856. The molecule has 2 saturated carbocycles. The summed E-state index contributed by atoms with van der Waals surface area (Å²) in [6.07, 6.45) is 5.31. The van der Waals surface area contributed by atoms with Crippen molar-refractivity contribution in [2.24, 2.45) is 27.0 Å². The van der Waals surface area contributed by atoms with E-state index in [0.29, 0.717) is 21.0 Å². The lowest BCUT2D eigenvalue weighted by Crippen LogP contribution is -2.32. The Balaban J connectivity index is 1.53. The number of amides is 1. The molecular weight excluding hydrogens is 366 g/mol. The molecule has 4 rings (SSSR count). The van der Waals surface area contributed by atoms with Crippen molar-refractivity contribution in [2.75, 3.05) is 0 Å². The van der Waals surface area contributed by atoms with Gasteiger partial charge < -0.3 is 0 Å². The van der Waals surface area contributed by atoms with Crippen molar-refractivity contribution in [3.8, 4) is 0 Å². The molecule has 2 atom stereocenters. The molecule has 2 aliphatic carbocycles. The van der Waals surface area contributed by atoms with Crippen molar-refractivity contribution >= 4 is 46.2 Å². The molecule has 26 heavy (non-hydrogen) atoms. The van der Waals surface area contributed by atoms with Crippen LogP contribution in [0.2, 0.25) is 5.02 Å². The van der Waals surface area contributed by atoms with E-state index in [1.54, 1.807) is 0 Å².